The first kappa shape index (κ1) is 16.2. The highest BCUT2D eigenvalue weighted by atomic mass is 35.5. The molecule has 0 bridgehead atoms. The van der Waals surface area contributed by atoms with Gasteiger partial charge in [0.25, 0.3) is 11.5 Å². The number of halogens is 1. The number of aromatic nitrogens is 2. The largest absolute Gasteiger partial charge is 0.336 e. The number of hydrogen-bond acceptors (Lipinski definition) is 3. The second-order valence-corrected chi connectivity index (χ2v) is 5.44. The second kappa shape index (κ2) is 7.22. The lowest BCUT2D eigenvalue weighted by atomic mass is 10.2. The molecule has 0 saturated carbocycles. The van der Waals surface area contributed by atoms with E-state index in [9.17, 15) is 9.59 Å². The Balaban J connectivity index is 2.19. The Kier molecular flexibility index (Phi) is 5.33. The summed E-state index contributed by atoms with van der Waals surface area (Å²) in [6.07, 6.45) is 0.778. The van der Waals surface area contributed by atoms with Crippen LogP contribution in [0.1, 0.15) is 29.4 Å². The molecule has 0 aliphatic rings. The molecular weight excluding hydrogens is 302 g/mol. The lowest BCUT2D eigenvalue weighted by Gasteiger charge is -2.18. The lowest BCUT2D eigenvalue weighted by Crippen LogP contribution is -2.31. The van der Waals surface area contributed by atoms with Gasteiger partial charge in [0.15, 0.2) is 0 Å². The van der Waals surface area contributed by atoms with E-state index >= 15 is 0 Å². The Hall–Kier alpha value is -2.14. The van der Waals surface area contributed by atoms with Gasteiger partial charge in [-0.05, 0) is 24.1 Å². The first-order valence-electron chi connectivity index (χ1n) is 7.10. The molecular formula is C16H18ClN3O2. The zero-order valence-electron chi connectivity index (χ0n) is 12.6. The zero-order chi connectivity index (χ0) is 16.1. The summed E-state index contributed by atoms with van der Waals surface area (Å²) < 4.78 is 1.32. The maximum atomic E-state index is 12.4. The molecule has 0 N–H and O–H groups in total. The van der Waals surface area contributed by atoms with Gasteiger partial charge in [-0.15, -0.1) is 0 Å². The Morgan fingerprint density at radius 1 is 1.27 bits per heavy atom. The van der Waals surface area contributed by atoms with Crippen LogP contribution in [-0.4, -0.2) is 27.6 Å². The maximum Gasteiger partial charge on any atom is 0.274 e. The number of benzene rings is 1. The van der Waals surface area contributed by atoms with E-state index < -0.39 is 0 Å². The van der Waals surface area contributed by atoms with E-state index in [0.29, 0.717) is 18.1 Å². The highest BCUT2D eigenvalue weighted by Gasteiger charge is 2.15. The minimum absolute atomic E-state index is 0.202. The summed E-state index contributed by atoms with van der Waals surface area (Å²) in [5.74, 6) is -0.246. The highest BCUT2D eigenvalue weighted by molar-refractivity contribution is 6.31. The standard InChI is InChI=1S/C16H18ClN3O2/c1-3-10-20-15(21)9-8-14(18-20)16(22)19(2)11-12-6-4-5-7-13(12)17/h4-9H,3,10-11H2,1-2H3. The van der Waals surface area contributed by atoms with Crippen LogP contribution >= 0.6 is 11.6 Å². The molecule has 0 fully saturated rings. The van der Waals surface area contributed by atoms with E-state index in [4.69, 9.17) is 11.6 Å². The van der Waals surface area contributed by atoms with E-state index in [1.807, 2.05) is 25.1 Å². The van der Waals surface area contributed by atoms with Crippen molar-refractivity contribution in [2.24, 2.45) is 0 Å². The predicted octanol–water partition coefficient (Wildman–Crippen LogP) is 2.58. The van der Waals surface area contributed by atoms with E-state index in [-0.39, 0.29) is 17.2 Å². The van der Waals surface area contributed by atoms with Crippen LogP contribution in [0.5, 0.6) is 0 Å². The molecule has 0 saturated heterocycles. The van der Waals surface area contributed by atoms with Crippen LogP contribution in [0.2, 0.25) is 5.02 Å². The van der Waals surface area contributed by atoms with Gasteiger partial charge in [-0.25, -0.2) is 4.68 Å². The topological polar surface area (TPSA) is 55.2 Å². The van der Waals surface area contributed by atoms with Gasteiger partial charge in [-0.3, -0.25) is 9.59 Å². The van der Waals surface area contributed by atoms with Gasteiger partial charge in [0.05, 0.1) is 0 Å². The van der Waals surface area contributed by atoms with Gasteiger partial charge < -0.3 is 4.90 Å². The molecule has 2 rings (SSSR count). The highest BCUT2D eigenvalue weighted by Crippen LogP contribution is 2.17. The van der Waals surface area contributed by atoms with Gasteiger partial charge >= 0.3 is 0 Å². The molecule has 0 unspecified atom stereocenters. The van der Waals surface area contributed by atoms with Crippen LogP contribution < -0.4 is 5.56 Å². The van der Waals surface area contributed by atoms with Crippen molar-refractivity contribution in [3.05, 3.63) is 63.0 Å². The molecule has 0 aliphatic heterocycles. The third-order valence-corrected chi connectivity index (χ3v) is 3.60. The van der Waals surface area contributed by atoms with Crippen molar-refractivity contribution in [1.29, 1.82) is 0 Å². The molecule has 6 heteroatoms. The van der Waals surface area contributed by atoms with Crippen molar-refractivity contribution in [3.8, 4) is 0 Å². The molecule has 2 aromatic rings. The molecule has 0 aliphatic carbocycles. The molecule has 22 heavy (non-hydrogen) atoms. The summed E-state index contributed by atoms with van der Waals surface area (Å²) in [5, 5.41) is 4.74. The monoisotopic (exact) mass is 319 g/mol. The van der Waals surface area contributed by atoms with Crippen LogP contribution in [0.25, 0.3) is 0 Å². The SMILES string of the molecule is CCCn1nc(C(=O)N(C)Cc2ccccc2Cl)ccc1=O. The van der Waals surface area contributed by atoms with Crippen molar-refractivity contribution in [2.75, 3.05) is 7.05 Å². The van der Waals surface area contributed by atoms with Crippen molar-refractivity contribution in [2.45, 2.75) is 26.4 Å². The molecule has 1 heterocycles. The Morgan fingerprint density at radius 3 is 2.68 bits per heavy atom. The Labute approximate surface area is 134 Å². The maximum absolute atomic E-state index is 12.4. The summed E-state index contributed by atoms with van der Waals surface area (Å²) in [4.78, 5) is 25.6. The molecule has 1 aromatic heterocycles. The summed E-state index contributed by atoms with van der Waals surface area (Å²) in [6.45, 7) is 2.83. The molecule has 1 aromatic carbocycles. The first-order valence-corrected chi connectivity index (χ1v) is 7.47. The minimum Gasteiger partial charge on any atom is -0.336 e. The number of amides is 1. The van der Waals surface area contributed by atoms with Crippen LogP contribution in [0.15, 0.2) is 41.2 Å². The van der Waals surface area contributed by atoms with Crippen LogP contribution in [0.3, 0.4) is 0 Å². The summed E-state index contributed by atoms with van der Waals surface area (Å²) >= 11 is 6.11. The van der Waals surface area contributed by atoms with E-state index in [1.165, 1.54) is 21.7 Å². The third-order valence-electron chi connectivity index (χ3n) is 3.23. The number of aryl methyl sites for hydroxylation is 1. The molecule has 0 spiro atoms. The van der Waals surface area contributed by atoms with E-state index in [1.54, 1.807) is 13.1 Å². The average Bonchev–Trinajstić information content (AvgIpc) is 2.51. The fraction of sp³-hybridized carbons (Fsp3) is 0.312. The van der Waals surface area contributed by atoms with Crippen molar-refractivity contribution < 1.29 is 4.79 Å². The molecule has 116 valence electrons. The third kappa shape index (κ3) is 3.74. The fourth-order valence-corrected chi connectivity index (χ4v) is 2.28. The first-order chi connectivity index (χ1) is 10.5. The van der Waals surface area contributed by atoms with Gasteiger partial charge in [-0.2, -0.15) is 5.10 Å². The Morgan fingerprint density at radius 2 is 2.00 bits per heavy atom. The van der Waals surface area contributed by atoms with E-state index in [0.717, 1.165) is 12.0 Å². The number of nitrogens with zero attached hydrogens (tertiary/aromatic N) is 3. The summed E-state index contributed by atoms with van der Waals surface area (Å²) in [6, 6.07) is 10.2. The van der Waals surface area contributed by atoms with Crippen LogP contribution in [-0.2, 0) is 13.1 Å². The van der Waals surface area contributed by atoms with Gasteiger partial charge in [0, 0.05) is 31.2 Å². The van der Waals surface area contributed by atoms with Crippen LogP contribution in [0, 0.1) is 0 Å². The van der Waals surface area contributed by atoms with Crippen LogP contribution in [0.4, 0.5) is 0 Å². The summed E-state index contributed by atoms with van der Waals surface area (Å²) in [7, 11) is 1.68. The normalized spacial score (nSPS) is 10.5. The smallest absolute Gasteiger partial charge is 0.274 e. The quantitative estimate of drug-likeness (QED) is 0.851. The van der Waals surface area contributed by atoms with E-state index in [2.05, 4.69) is 5.10 Å². The minimum atomic E-state index is -0.246. The van der Waals surface area contributed by atoms with Gasteiger partial charge in [-0.1, -0.05) is 36.7 Å². The molecule has 5 nitrogen and oxygen atoms in total. The molecule has 1 amide bonds. The van der Waals surface area contributed by atoms with Gasteiger partial charge in [0.1, 0.15) is 5.69 Å². The molecule has 0 radical (unpaired) electrons. The van der Waals surface area contributed by atoms with Crippen molar-refractivity contribution in [1.82, 2.24) is 14.7 Å². The van der Waals surface area contributed by atoms with Crippen molar-refractivity contribution in [3.63, 3.8) is 0 Å². The number of rotatable bonds is 5. The zero-order valence-corrected chi connectivity index (χ0v) is 13.4. The number of carbonyl (C=O) groups is 1. The average molecular weight is 320 g/mol. The fourth-order valence-electron chi connectivity index (χ4n) is 2.08. The predicted molar refractivity (Wildman–Crippen MR) is 86.0 cm³/mol. The second-order valence-electron chi connectivity index (χ2n) is 5.03. The van der Waals surface area contributed by atoms with Crippen molar-refractivity contribution >= 4 is 17.5 Å². The lowest BCUT2D eigenvalue weighted by molar-refractivity contribution is 0.0776. The number of carbonyl (C=O) groups excluding carboxylic acids is 1. The summed E-state index contributed by atoms with van der Waals surface area (Å²) in [5.41, 5.74) is 0.914. The Bertz CT molecular complexity index is 727. The van der Waals surface area contributed by atoms with Gasteiger partial charge in [0.2, 0.25) is 0 Å². The molecule has 0 atom stereocenters. The number of hydrogen-bond donors (Lipinski definition) is 0.